The molecule has 0 bridgehead atoms. The minimum Gasteiger partial charge on any atom is -0.507 e. The predicted molar refractivity (Wildman–Crippen MR) is 206 cm³/mol. The van der Waals surface area contributed by atoms with Crippen molar-refractivity contribution in [2.45, 2.75) is 117 Å². The van der Waals surface area contributed by atoms with Gasteiger partial charge in [0, 0.05) is 38.6 Å². The van der Waals surface area contributed by atoms with E-state index in [1.54, 1.807) is 0 Å². The number of hydrogen-bond donors (Lipinski definition) is 2. The van der Waals surface area contributed by atoms with Gasteiger partial charge < -0.3 is 10.2 Å². The van der Waals surface area contributed by atoms with E-state index in [4.69, 9.17) is 9.97 Å². The first-order valence-electron chi connectivity index (χ1n) is 18.2. The van der Waals surface area contributed by atoms with Crippen molar-refractivity contribution in [1.29, 1.82) is 0 Å². The van der Waals surface area contributed by atoms with Gasteiger partial charge in [-0.25, -0.2) is 0 Å². The summed E-state index contributed by atoms with van der Waals surface area (Å²) >= 11 is 0. The van der Waals surface area contributed by atoms with Gasteiger partial charge in [0.2, 0.25) is 0 Å². The van der Waals surface area contributed by atoms with Crippen LogP contribution in [-0.4, -0.2) is 56.2 Å². The van der Waals surface area contributed by atoms with Gasteiger partial charge in [-0.1, -0.05) is 95.2 Å². The fourth-order valence-corrected chi connectivity index (χ4v) is 7.38. The largest absolute Gasteiger partial charge is 0.507 e. The summed E-state index contributed by atoms with van der Waals surface area (Å²) in [7, 11) is 0. The van der Waals surface area contributed by atoms with Gasteiger partial charge in [0.1, 0.15) is 11.5 Å². The van der Waals surface area contributed by atoms with Crippen molar-refractivity contribution in [3.05, 3.63) is 118 Å². The van der Waals surface area contributed by atoms with Crippen LogP contribution in [-0.2, 0) is 21.7 Å². The summed E-state index contributed by atoms with van der Waals surface area (Å²) in [5.74, 6) is 0.796. The van der Waals surface area contributed by atoms with Crippen LogP contribution in [0.5, 0.6) is 11.5 Å². The van der Waals surface area contributed by atoms with E-state index in [1.165, 1.54) is 0 Å². The molecular formula is C44H60N4O2. The predicted octanol–water partition coefficient (Wildman–Crippen LogP) is 9.57. The molecule has 268 valence electrons. The van der Waals surface area contributed by atoms with Crippen LogP contribution in [0.4, 0.5) is 0 Å². The molecule has 2 aromatic carbocycles. The molecule has 50 heavy (non-hydrogen) atoms. The summed E-state index contributed by atoms with van der Waals surface area (Å²) in [6.45, 7) is 29.4. The molecule has 5 rings (SSSR count). The van der Waals surface area contributed by atoms with Crippen molar-refractivity contribution in [1.82, 2.24) is 19.8 Å². The standard InChI is InChI=1S/C44H60N4O2/c1-41(2,3)31-25-29(26-32(39(31)49)42(4,5)6)37(35-17-13-15-19-45-35)47-21-23-48(24-22-47)38(36-18-14-16-20-46-36)30-27-33(43(7,8)9)40(50)34(28-30)44(10,11)12/h13-20,25-28,37-38,49-50H,21-24H2,1-12H3/t37-,38+. The molecule has 0 radical (unpaired) electrons. The van der Waals surface area contributed by atoms with Crippen LogP contribution >= 0.6 is 0 Å². The van der Waals surface area contributed by atoms with Crippen molar-refractivity contribution >= 4 is 0 Å². The van der Waals surface area contributed by atoms with E-state index in [9.17, 15) is 10.2 Å². The van der Waals surface area contributed by atoms with Crippen molar-refractivity contribution in [2.75, 3.05) is 26.2 Å². The molecule has 1 saturated heterocycles. The number of aromatic hydroxyl groups is 2. The lowest BCUT2D eigenvalue weighted by atomic mass is 9.77. The van der Waals surface area contributed by atoms with Crippen LogP contribution in [0.2, 0.25) is 0 Å². The molecule has 2 aromatic heterocycles. The smallest absolute Gasteiger partial charge is 0.123 e. The lowest BCUT2D eigenvalue weighted by Crippen LogP contribution is -2.49. The Balaban J connectivity index is 1.58. The number of nitrogens with zero attached hydrogens (tertiary/aromatic N) is 4. The van der Waals surface area contributed by atoms with E-state index >= 15 is 0 Å². The lowest BCUT2D eigenvalue weighted by Gasteiger charge is -2.43. The molecule has 0 aliphatic carbocycles. The molecule has 2 atom stereocenters. The molecular weight excluding hydrogens is 617 g/mol. The van der Waals surface area contributed by atoms with E-state index in [0.29, 0.717) is 11.5 Å². The average molecular weight is 677 g/mol. The van der Waals surface area contributed by atoms with E-state index in [2.05, 4.69) is 141 Å². The highest BCUT2D eigenvalue weighted by molar-refractivity contribution is 5.53. The van der Waals surface area contributed by atoms with Gasteiger partial charge in [-0.15, -0.1) is 0 Å². The molecule has 1 aliphatic heterocycles. The Morgan fingerprint density at radius 2 is 0.760 bits per heavy atom. The highest BCUT2D eigenvalue weighted by atomic mass is 16.3. The molecule has 0 amide bonds. The Morgan fingerprint density at radius 1 is 0.480 bits per heavy atom. The lowest BCUT2D eigenvalue weighted by molar-refractivity contribution is 0.0874. The van der Waals surface area contributed by atoms with Crippen molar-refractivity contribution in [3.63, 3.8) is 0 Å². The maximum atomic E-state index is 11.6. The number of phenolic OH excluding ortho intramolecular Hbond substituents is 2. The summed E-state index contributed by atoms with van der Waals surface area (Å²) in [6.07, 6.45) is 3.77. The van der Waals surface area contributed by atoms with Gasteiger partial charge in [0.25, 0.3) is 0 Å². The first-order valence-corrected chi connectivity index (χ1v) is 18.2. The molecule has 0 spiro atoms. The van der Waals surface area contributed by atoms with Crippen molar-refractivity contribution in [2.24, 2.45) is 0 Å². The normalized spacial score (nSPS) is 16.7. The molecule has 0 saturated carbocycles. The number of hydrogen-bond acceptors (Lipinski definition) is 6. The first-order chi connectivity index (χ1) is 23.2. The van der Waals surface area contributed by atoms with Gasteiger partial charge in [0.15, 0.2) is 0 Å². The summed E-state index contributed by atoms with van der Waals surface area (Å²) in [5, 5.41) is 23.1. The zero-order valence-corrected chi connectivity index (χ0v) is 32.6. The molecule has 1 aliphatic rings. The summed E-state index contributed by atoms with van der Waals surface area (Å²) < 4.78 is 0. The molecule has 6 heteroatoms. The number of benzene rings is 2. The van der Waals surface area contributed by atoms with Crippen LogP contribution in [0.1, 0.15) is 140 Å². The maximum Gasteiger partial charge on any atom is 0.123 e. The number of piperazine rings is 1. The minimum absolute atomic E-state index is 0.0666. The Kier molecular flexibility index (Phi) is 10.3. The quantitative estimate of drug-likeness (QED) is 0.212. The van der Waals surface area contributed by atoms with Gasteiger partial charge >= 0.3 is 0 Å². The van der Waals surface area contributed by atoms with Crippen LogP contribution in [0.3, 0.4) is 0 Å². The van der Waals surface area contributed by atoms with Crippen LogP contribution in [0.15, 0.2) is 73.1 Å². The van der Waals surface area contributed by atoms with E-state index in [1.807, 2.05) is 24.5 Å². The Labute approximate surface area is 301 Å². The van der Waals surface area contributed by atoms with Crippen LogP contribution in [0.25, 0.3) is 0 Å². The van der Waals surface area contributed by atoms with E-state index in [-0.39, 0.29) is 33.7 Å². The highest BCUT2D eigenvalue weighted by Crippen LogP contribution is 2.45. The topological polar surface area (TPSA) is 72.7 Å². The molecule has 0 unspecified atom stereocenters. The number of rotatable bonds is 6. The molecule has 3 heterocycles. The summed E-state index contributed by atoms with van der Waals surface area (Å²) in [4.78, 5) is 14.9. The third-order valence-electron chi connectivity index (χ3n) is 10.1. The second-order valence-electron chi connectivity index (χ2n) is 18.3. The van der Waals surface area contributed by atoms with E-state index < -0.39 is 0 Å². The fraction of sp³-hybridized carbons (Fsp3) is 0.500. The molecule has 1 fully saturated rings. The second kappa shape index (κ2) is 13.8. The monoisotopic (exact) mass is 676 g/mol. The Morgan fingerprint density at radius 3 is 0.980 bits per heavy atom. The first kappa shape index (κ1) is 37.5. The second-order valence-corrected chi connectivity index (χ2v) is 18.3. The highest BCUT2D eigenvalue weighted by Gasteiger charge is 2.36. The zero-order chi connectivity index (χ0) is 36.8. The molecule has 2 N–H and O–H groups in total. The zero-order valence-electron chi connectivity index (χ0n) is 32.6. The Bertz CT molecular complexity index is 1560. The average Bonchev–Trinajstić information content (AvgIpc) is 3.02. The van der Waals surface area contributed by atoms with Gasteiger partial charge in [-0.05, 0) is 104 Å². The van der Waals surface area contributed by atoms with Crippen molar-refractivity contribution in [3.8, 4) is 11.5 Å². The summed E-state index contributed by atoms with van der Waals surface area (Å²) in [5.41, 5.74) is 7.28. The third-order valence-corrected chi connectivity index (χ3v) is 10.1. The summed E-state index contributed by atoms with van der Waals surface area (Å²) in [6, 6.07) is 21.1. The maximum absolute atomic E-state index is 11.6. The SMILES string of the molecule is CC(C)(C)c1cc([C@H](c2ccccn2)N2CCN([C@@H](c3cc(C(C)(C)C)c(O)c(C(C)(C)C)c3)c3ccccn3)CC2)cc(C(C)(C)C)c1O. The van der Waals surface area contributed by atoms with Gasteiger partial charge in [-0.2, -0.15) is 0 Å². The minimum atomic E-state index is -0.231. The van der Waals surface area contributed by atoms with Crippen LogP contribution < -0.4 is 0 Å². The van der Waals surface area contributed by atoms with Crippen molar-refractivity contribution < 1.29 is 10.2 Å². The third kappa shape index (κ3) is 7.92. The number of aromatic nitrogens is 2. The fourth-order valence-electron chi connectivity index (χ4n) is 7.38. The van der Waals surface area contributed by atoms with Gasteiger partial charge in [-0.3, -0.25) is 19.8 Å². The number of phenols is 2. The van der Waals surface area contributed by atoms with Crippen LogP contribution in [0, 0.1) is 0 Å². The molecule has 6 nitrogen and oxygen atoms in total. The Hall–Kier alpha value is -3.74. The number of pyridine rings is 2. The van der Waals surface area contributed by atoms with E-state index in [0.717, 1.165) is 70.9 Å². The van der Waals surface area contributed by atoms with Gasteiger partial charge in [0.05, 0.1) is 23.5 Å². The molecule has 4 aromatic rings.